The Morgan fingerprint density at radius 3 is 2.89 bits per heavy atom. The monoisotopic (exact) mass is 363 g/mol. The van der Waals surface area contributed by atoms with Gasteiger partial charge in [0.15, 0.2) is 5.82 Å². The maximum absolute atomic E-state index is 9.37. The SMILES string of the molecule is N#CC[C@@]1(n2nc(N)c3c(OCc4ccccc4)nccc32)CCCOC1. The highest BCUT2D eigenvalue weighted by Crippen LogP contribution is 2.37. The van der Waals surface area contributed by atoms with E-state index in [-0.39, 0.29) is 0 Å². The fraction of sp³-hybridized carbons (Fsp3) is 0.350. The summed E-state index contributed by atoms with van der Waals surface area (Å²) >= 11 is 0. The van der Waals surface area contributed by atoms with Gasteiger partial charge in [-0.05, 0) is 24.5 Å². The van der Waals surface area contributed by atoms with E-state index in [9.17, 15) is 5.26 Å². The first-order valence-corrected chi connectivity index (χ1v) is 8.99. The van der Waals surface area contributed by atoms with Crippen molar-refractivity contribution in [3.63, 3.8) is 0 Å². The van der Waals surface area contributed by atoms with Crippen molar-refractivity contribution in [2.75, 3.05) is 18.9 Å². The van der Waals surface area contributed by atoms with Crippen molar-refractivity contribution in [3.8, 4) is 11.9 Å². The second-order valence-electron chi connectivity index (χ2n) is 6.80. The molecule has 7 heteroatoms. The fourth-order valence-electron chi connectivity index (χ4n) is 3.62. The van der Waals surface area contributed by atoms with Crippen LogP contribution in [0, 0.1) is 11.3 Å². The van der Waals surface area contributed by atoms with Gasteiger partial charge >= 0.3 is 0 Å². The van der Waals surface area contributed by atoms with Gasteiger partial charge in [0.05, 0.1) is 30.2 Å². The van der Waals surface area contributed by atoms with E-state index in [2.05, 4.69) is 16.2 Å². The minimum atomic E-state index is -0.513. The summed E-state index contributed by atoms with van der Waals surface area (Å²) in [5.74, 6) is 0.799. The van der Waals surface area contributed by atoms with Crippen LogP contribution >= 0.6 is 0 Å². The van der Waals surface area contributed by atoms with Crippen LogP contribution in [0.5, 0.6) is 5.88 Å². The van der Waals surface area contributed by atoms with Crippen molar-refractivity contribution in [3.05, 3.63) is 48.2 Å². The molecule has 1 fully saturated rings. The number of pyridine rings is 1. The normalized spacial score (nSPS) is 19.7. The topological polar surface area (TPSA) is 99.0 Å². The number of hydrogen-bond donors (Lipinski definition) is 1. The van der Waals surface area contributed by atoms with Crippen LogP contribution in [-0.2, 0) is 16.9 Å². The van der Waals surface area contributed by atoms with Gasteiger partial charge in [0.1, 0.15) is 12.0 Å². The summed E-state index contributed by atoms with van der Waals surface area (Å²) in [6.45, 7) is 1.54. The highest BCUT2D eigenvalue weighted by molar-refractivity contribution is 5.93. The zero-order valence-electron chi connectivity index (χ0n) is 15.0. The molecule has 0 spiro atoms. The number of hydrogen-bond acceptors (Lipinski definition) is 6. The van der Waals surface area contributed by atoms with Crippen LogP contribution in [0.15, 0.2) is 42.6 Å². The van der Waals surface area contributed by atoms with Gasteiger partial charge < -0.3 is 15.2 Å². The number of anilines is 1. The highest BCUT2D eigenvalue weighted by Gasteiger charge is 2.37. The third-order valence-electron chi connectivity index (χ3n) is 4.96. The summed E-state index contributed by atoms with van der Waals surface area (Å²) in [7, 11) is 0. The largest absolute Gasteiger partial charge is 0.472 e. The molecule has 2 aromatic heterocycles. The second kappa shape index (κ2) is 7.25. The molecule has 7 nitrogen and oxygen atoms in total. The van der Waals surface area contributed by atoms with Gasteiger partial charge in [-0.1, -0.05) is 30.3 Å². The maximum Gasteiger partial charge on any atom is 0.227 e. The molecule has 4 rings (SSSR count). The number of rotatable bonds is 5. The lowest BCUT2D eigenvalue weighted by Gasteiger charge is -2.35. The van der Waals surface area contributed by atoms with Gasteiger partial charge in [0.2, 0.25) is 5.88 Å². The van der Waals surface area contributed by atoms with Crippen LogP contribution in [0.2, 0.25) is 0 Å². The number of ether oxygens (including phenoxy) is 2. The Morgan fingerprint density at radius 1 is 1.30 bits per heavy atom. The standard InChI is InChI=1S/C20H21N5O2/c21-10-9-20(8-4-12-26-14-20)25-16-7-11-23-19(17(16)18(22)24-25)27-13-15-5-2-1-3-6-15/h1-3,5-7,11H,4,8-9,12-14H2,(H2,22,24)/t20-/m0/s1. The number of benzene rings is 1. The van der Waals surface area contributed by atoms with E-state index in [1.807, 2.05) is 41.1 Å². The Morgan fingerprint density at radius 2 is 2.15 bits per heavy atom. The number of fused-ring (bicyclic) bond motifs is 1. The molecule has 3 aromatic rings. The summed E-state index contributed by atoms with van der Waals surface area (Å²) in [6.07, 6.45) is 3.69. The van der Waals surface area contributed by atoms with E-state index in [1.165, 1.54) is 0 Å². The molecule has 0 radical (unpaired) electrons. The first kappa shape index (κ1) is 17.3. The third kappa shape index (κ3) is 3.20. The van der Waals surface area contributed by atoms with Crippen LogP contribution in [0.25, 0.3) is 10.9 Å². The predicted octanol–water partition coefficient (Wildman–Crippen LogP) is 3.01. The lowest BCUT2D eigenvalue weighted by Crippen LogP contribution is -2.42. The number of nitriles is 1. The van der Waals surface area contributed by atoms with Gasteiger partial charge in [-0.25, -0.2) is 4.98 Å². The molecular weight excluding hydrogens is 342 g/mol. The molecule has 1 aliphatic rings. The van der Waals surface area contributed by atoms with Gasteiger partial charge in [0, 0.05) is 12.8 Å². The highest BCUT2D eigenvalue weighted by atomic mass is 16.5. The van der Waals surface area contributed by atoms with Crippen LogP contribution < -0.4 is 10.5 Å². The smallest absolute Gasteiger partial charge is 0.227 e. The van der Waals surface area contributed by atoms with E-state index in [4.69, 9.17) is 15.2 Å². The van der Waals surface area contributed by atoms with E-state index in [0.29, 0.717) is 43.3 Å². The lowest BCUT2D eigenvalue weighted by atomic mass is 9.89. The van der Waals surface area contributed by atoms with Gasteiger partial charge in [-0.3, -0.25) is 4.68 Å². The van der Waals surface area contributed by atoms with Crippen LogP contribution in [0.1, 0.15) is 24.8 Å². The second-order valence-corrected chi connectivity index (χ2v) is 6.80. The third-order valence-corrected chi connectivity index (χ3v) is 4.96. The van der Waals surface area contributed by atoms with Crippen molar-refractivity contribution in [1.29, 1.82) is 5.26 Å². The van der Waals surface area contributed by atoms with Crippen LogP contribution in [0.4, 0.5) is 5.82 Å². The van der Waals surface area contributed by atoms with Gasteiger partial charge in [-0.15, -0.1) is 0 Å². The van der Waals surface area contributed by atoms with Crippen LogP contribution in [0.3, 0.4) is 0 Å². The molecule has 1 aromatic carbocycles. The fourth-order valence-corrected chi connectivity index (χ4v) is 3.62. The van der Waals surface area contributed by atoms with E-state index in [1.54, 1.807) is 6.20 Å². The molecule has 138 valence electrons. The molecule has 0 amide bonds. The number of aromatic nitrogens is 3. The molecule has 3 heterocycles. The van der Waals surface area contributed by atoms with Crippen molar-refractivity contribution in [2.45, 2.75) is 31.4 Å². The number of nitrogens with zero attached hydrogens (tertiary/aromatic N) is 4. The summed E-state index contributed by atoms with van der Waals surface area (Å²) in [5, 5.41) is 14.6. The molecule has 0 unspecified atom stereocenters. The minimum Gasteiger partial charge on any atom is -0.472 e. The quantitative estimate of drug-likeness (QED) is 0.748. The first-order valence-electron chi connectivity index (χ1n) is 8.99. The molecule has 1 saturated heterocycles. The Hall–Kier alpha value is -3.11. The van der Waals surface area contributed by atoms with Gasteiger partial charge in [0.25, 0.3) is 0 Å². The van der Waals surface area contributed by atoms with Gasteiger partial charge in [-0.2, -0.15) is 10.4 Å². The van der Waals surface area contributed by atoms with Crippen molar-refractivity contribution in [1.82, 2.24) is 14.8 Å². The minimum absolute atomic E-state index is 0.311. The maximum atomic E-state index is 9.37. The zero-order valence-corrected chi connectivity index (χ0v) is 15.0. The molecule has 0 bridgehead atoms. The molecule has 1 atom stereocenters. The molecule has 1 aliphatic heterocycles. The van der Waals surface area contributed by atoms with E-state index >= 15 is 0 Å². The molecule has 27 heavy (non-hydrogen) atoms. The molecule has 0 aliphatic carbocycles. The number of nitrogens with two attached hydrogens (primary N) is 1. The van der Waals surface area contributed by atoms with Crippen molar-refractivity contribution < 1.29 is 9.47 Å². The average Bonchev–Trinajstić information content (AvgIpc) is 3.06. The molecular formula is C20H21N5O2. The summed E-state index contributed by atoms with van der Waals surface area (Å²) in [4.78, 5) is 4.36. The first-order chi connectivity index (χ1) is 13.2. The van der Waals surface area contributed by atoms with E-state index in [0.717, 1.165) is 23.9 Å². The molecule has 2 N–H and O–H groups in total. The molecule has 0 saturated carbocycles. The number of nitrogen functional groups attached to an aromatic ring is 1. The summed E-state index contributed by atoms with van der Waals surface area (Å²) in [6, 6.07) is 14.0. The van der Waals surface area contributed by atoms with Crippen LogP contribution in [-0.4, -0.2) is 28.0 Å². The van der Waals surface area contributed by atoms with Crippen molar-refractivity contribution in [2.24, 2.45) is 0 Å². The van der Waals surface area contributed by atoms with Crippen molar-refractivity contribution >= 4 is 16.7 Å². The average molecular weight is 363 g/mol. The lowest BCUT2D eigenvalue weighted by molar-refractivity contribution is -0.00174. The Bertz CT molecular complexity index is 971. The van der Waals surface area contributed by atoms with E-state index < -0.39 is 5.54 Å². The Labute approximate surface area is 157 Å². The summed E-state index contributed by atoms with van der Waals surface area (Å²) in [5.41, 5.74) is 7.58. The predicted molar refractivity (Wildman–Crippen MR) is 101 cm³/mol. The Kier molecular flexibility index (Phi) is 4.65. The zero-order chi connectivity index (χ0) is 18.7. The Balaban J connectivity index is 1.73. The summed E-state index contributed by atoms with van der Waals surface area (Å²) < 4.78 is 13.5.